The number of carboxylic acid groups (broad SMARTS) is 3. The molecule has 1 aliphatic heterocycles. The van der Waals surface area contributed by atoms with Crippen LogP contribution in [0.3, 0.4) is 0 Å². The number of pyridine rings is 1. The van der Waals surface area contributed by atoms with Gasteiger partial charge in [0.15, 0.2) is 0 Å². The highest BCUT2D eigenvalue weighted by molar-refractivity contribution is 5.69. The first-order chi connectivity index (χ1) is 15.3. The van der Waals surface area contributed by atoms with Crippen LogP contribution in [0.5, 0.6) is 0 Å². The van der Waals surface area contributed by atoms with E-state index >= 15 is 0 Å². The minimum absolute atomic E-state index is 0.0181. The zero-order valence-corrected chi connectivity index (χ0v) is 18.3. The third-order valence-corrected chi connectivity index (χ3v) is 5.40. The fourth-order valence-electron chi connectivity index (χ4n) is 3.63. The summed E-state index contributed by atoms with van der Waals surface area (Å²) in [6, 6.07) is 5.69. The van der Waals surface area contributed by atoms with Gasteiger partial charge in [-0.25, -0.2) is 0 Å². The average molecular weight is 452 g/mol. The first-order valence-electron chi connectivity index (χ1n) is 10.8. The maximum absolute atomic E-state index is 11.3. The van der Waals surface area contributed by atoms with E-state index in [9.17, 15) is 24.6 Å². The predicted octanol–water partition coefficient (Wildman–Crippen LogP) is -0.553. The number of aliphatic carboxylic acids is 3. The summed E-state index contributed by atoms with van der Waals surface area (Å²) in [5, 5.41) is 27.6. The molecule has 0 spiro atoms. The molecular weight excluding hydrogens is 418 g/mol. The van der Waals surface area contributed by atoms with Crippen molar-refractivity contribution >= 4 is 17.9 Å². The third kappa shape index (κ3) is 10.6. The Kier molecular flexibility index (Phi) is 11.0. The Labute approximate surface area is 187 Å². The minimum Gasteiger partial charge on any atom is -0.481 e. The zero-order chi connectivity index (χ0) is 23.3. The van der Waals surface area contributed by atoms with E-state index in [1.165, 1.54) is 0 Å². The molecular formula is C21H33N5O6. The second kappa shape index (κ2) is 13.7. The van der Waals surface area contributed by atoms with Crippen molar-refractivity contribution < 1.29 is 29.7 Å². The van der Waals surface area contributed by atoms with Crippen LogP contribution in [-0.4, -0.2) is 130 Å². The van der Waals surface area contributed by atoms with Crippen LogP contribution in [-0.2, 0) is 20.9 Å². The van der Waals surface area contributed by atoms with Gasteiger partial charge in [0.05, 0.1) is 25.2 Å². The van der Waals surface area contributed by atoms with Gasteiger partial charge >= 0.3 is 17.9 Å². The number of hydrogen-bond donors (Lipinski definition) is 3. The first-order valence-corrected chi connectivity index (χ1v) is 10.8. The van der Waals surface area contributed by atoms with Crippen LogP contribution >= 0.6 is 0 Å². The zero-order valence-electron chi connectivity index (χ0n) is 18.3. The topological polar surface area (TPSA) is 138 Å². The lowest BCUT2D eigenvalue weighted by Crippen LogP contribution is -2.47. The summed E-state index contributed by atoms with van der Waals surface area (Å²) < 4.78 is 0. The normalized spacial score (nSPS) is 18.5. The van der Waals surface area contributed by atoms with E-state index in [0.29, 0.717) is 65.4 Å². The lowest BCUT2D eigenvalue weighted by Gasteiger charge is -2.33. The largest absolute Gasteiger partial charge is 0.481 e. The summed E-state index contributed by atoms with van der Waals surface area (Å²) in [6.45, 7) is 5.05. The number of rotatable bonds is 9. The van der Waals surface area contributed by atoms with Gasteiger partial charge in [0, 0.05) is 71.6 Å². The molecule has 32 heavy (non-hydrogen) atoms. The molecule has 0 saturated carbocycles. The highest BCUT2D eigenvalue weighted by Gasteiger charge is 2.19. The molecule has 1 saturated heterocycles. The maximum Gasteiger partial charge on any atom is 0.317 e. The Hall–Kier alpha value is -2.60. The van der Waals surface area contributed by atoms with E-state index < -0.39 is 17.9 Å². The van der Waals surface area contributed by atoms with Crippen LogP contribution in [0.15, 0.2) is 24.4 Å². The maximum atomic E-state index is 11.3. The van der Waals surface area contributed by atoms with Crippen molar-refractivity contribution in [1.82, 2.24) is 24.6 Å². The second-order valence-electron chi connectivity index (χ2n) is 7.92. The number of carbonyl (C=O) groups is 3. The van der Waals surface area contributed by atoms with Gasteiger partial charge in [0.1, 0.15) is 0 Å². The quantitative estimate of drug-likeness (QED) is 0.446. The molecule has 0 bridgehead atoms. The summed E-state index contributed by atoms with van der Waals surface area (Å²) in [5.74, 6) is -2.71. The van der Waals surface area contributed by atoms with Crippen molar-refractivity contribution in [2.45, 2.75) is 13.0 Å². The van der Waals surface area contributed by atoms with Crippen LogP contribution in [0.25, 0.3) is 0 Å². The Morgan fingerprint density at radius 2 is 1.22 bits per heavy atom. The van der Waals surface area contributed by atoms with Crippen molar-refractivity contribution in [3.63, 3.8) is 0 Å². The number of carboxylic acids is 3. The molecule has 0 aliphatic carbocycles. The first kappa shape index (κ1) is 25.7. The van der Waals surface area contributed by atoms with Crippen LogP contribution in [0.2, 0.25) is 0 Å². The molecule has 11 nitrogen and oxygen atoms in total. The highest BCUT2D eigenvalue weighted by atomic mass is 16.4. The van der Waals surface area contributed by atoms with Crippen LogP contribution in [0, 0.1) is 0 Å². The molecule has 0 radical (unpaired) electrons. The van der Waals surface area contributed by atoms with Gasteiger partial charge in [-0.3, -0.25) is 34.1 Å². The summed E-state index contributed by atoms with van der Waals surface area (Å²) >= 11 is 0. The SMILES string of the molecule is O=C(O)CCN1CCN(CC(=O)O)CCN(Cc2ccccn2)CCN(CC(=O)O)CC1. The molecule has 2 rings (SSSR count). The van der Waals surface area contributed by atoms with E-state index in [2.05, 4.69) is 9.88 Å². The molecule has 2 heterocycles. The molecule has 3 N–H and O–H groups in total. The standard InChI is InChI=1S/C21H33N5O6/c27-19(28)4-6-23-7-9-25(16-20(29)30)13-11-24(15-18-3-1-2-5-22-18)12-14-26(10-8-23)17-21(31)32/h1-3,5H,4,6-17H2,(H,27,28)(H,29,30)(H,31,32). The molecule has 0 atom stereocenters. The second-order valence-corrected chi connectivity index (χ2v) is 7.92. The van der Waals surface area contributed by atoms with Gasteiger partial charge in [-0.2, -0.15) is 0 Å². The third-order valence-electron chi connectivity index (χ3n) is 5.40. The van der Waals surface area contributed by atoms with E-state index in [0.717, 1.165) is 5.69 Å². The number of nitrogens with zero attached hydrogens (tertiary/aromatic N) is 5. The Balaban J connectivity index is 2.12. The molecule has 0 aromatic carbocycles. The molecule has 1 aliphatic rings. The summed E-state index contributed by atoms with van der Waals surface area (Å²) in [7, 11) is 0. The van der Waals surface area contributed by atoms with Gasteiger partial charge in [0.25, 0.3) is 0 Å². The lowest BCUT2D eigenvalue weighted by atomic mass is 10.3. The summed E-state index contributed by atoms with van der Waals surface area (Å²) in [4.78, 5) is 45.9. The Morgan fingerprint density at radius 3 is 1.66 bits per heavy atom. The van der Waals surface area contributed by atoms with E-state index in [1.807, 2.05) is 32.9 Å². The van der Waals surface area contributed by atoms with Crippen molar-refractivity contribution in [2.24, 2.45) is 0 Å². The fraction of sp³-hybridized carbons (Fsp3) is 0.619. The lowest BCUT2D eigenvalue weighted by molar-refractivity contribution is -0.139. The van der Waals surface area contributed by atoms with Crippen molar-refractivity contribution in [1.29, 1.82) is 0 Å². The van der Waals surface area contributed by atoms with Gasteiger partial charge < -0.3 is 20.2 Å². The predicted molar refractivity (Wildman–Crippen MR) is 116 cm³/mol. The molecule has 1 aromatic rings. The minimum atomic E-state index is -0.905. The summed E-state index contributed by atoms with van der Waals surface area (Å²) in [6.07, 6.45) is 1.71. The van der Waals surface area contributed by atoms with Gasteiger partial charge in [-0.15, -0.1) is 0 Å². The molecule has 0 amide bonds. The van der Waals surface area contributed by atoms with Gasteiger partial charge in [-0.1, -0.05) is 6.07 Å². The molecule has 0 unspecified atom stereocenters. The number of aromatic nitrogens is 1. The van der Waals surface area contributed by atoms with Crippen LogP contribution < -0.4 is 0 Å². The molecule has 11 heteroatoms. The van der Waals surface area contributed by atoms with E-state index in [4.69, 9.17) is 5.11 Å². The Bertz CT molecular complexity index is 703. The van der Waals surface area contributed by atoms with Gasteiger partial charge in [0.2, 0.25) is 0 Å². The number of hydrogen-bond acceptors (Lipinski definition) is 8. The molecule has 178 valence electrons. The smallest absolute Gasteiger partial charge is 0.317 e. The van der Waals surface area contributed by atoms with Crippen molar-refractivity contribution in [2.75, 3.05) is 72.0 Å². The molecule has 1 fully saturated rings. The fourth-order valence-corrected chi connectivity index (χ4v) is 3.63. The Morgan fingerprint density at radius 1 is 0.719 bits per heavy atom. The van der Waals surface area contributed by atoms with E-state index in [-0.39, 0.29) is 19.5 Å². The van der Waals surface area contributed by atoms with Crippen LogP contribution in [0.4, 0.5) is 0 Å². The van der Waals surface area contributed by atoms with Crippen LogP contribution in [0.1, 0.15) is 12.1 Å². The van der Waals surface area contributed by atoms with Crippen molar-refractivity contribution in [3.05, 3.63) is 30.1 Å². The highest BCUT2D eigenvalue weighted by Crippen LogP contribution is 2.05. The monoisotopic (exact) mass is 451 g/mol. The average Bonchev–Trinajstić information content (AvgIpc) is 2.73. The van der Waals surface area contributed by atoms with Gasteiger partial charge in [-0.05, 0) is 12.1 Å². The summed E-state index contributed by atoms with van der Waals surface area (Å²) in [5.41, 5.74) is 0.897. The van der Waals surface area contributed by atoms with Crippen molar-refractivity contribution in [3.8, 4) is 0 Å². The molecule has 1 aromatic heterocycles. The van der Waals surface area contributed by atoms with E-state index in [1.54, 1.807) is 6.20 Å².